The normalized spacial score (nSPS) is 12.4. The van der Waals surface area contributed by atoms with Crippen molar-refractivity contribution in [3.8, 4) is 5.75 Å². The zero-order chi connectivity index (χ0) is 15.1. The zero-order valence-electron chi connectivity index (χ0n) is 12.6. The Kier molecular flexibility index (Phi) is 5.72. The second-order valence-corrected chi connectivity index (χ2v) is 5.14. The lowest BCUT2D eigenvalue weighted by atomic mass is 10.1. The van der Waals surface area contributed by atoms with Crippen molar-refractivity contribution < 1.29 is 9.84 Å². The summed E-state index contributed by atoms with van der Waals surface area (Å²) in [6, 6.07) is 13.5. The van der Waals surface area contributed by atoms with E-state index in [0.29, 0.717) is 6.42 Å². The molecule has 0 aliphatic carbocycles. The number of ether oxygens (including phenoxy) is 1. The molecule has 0 amide bonds. The van der Waals surface area contributed by atoms with Gasteiger partial charge in [0.2, 0.25) is 0 Å². The molecule has 0 fully saturated rings. The van der Waals surface area contributed by atoms with Crippen LogP contribution in [0, 0.1) is 0 Å². The van der Waals surface area contributed by atoms with Gasteiger partial charge in [0.05, 0.1) is 18.9 Å². The molecular formula is C17H22N2O2. The lowest BCUT2D eigenvalue weighted by Crippen LogP contribution is -2.21. The fourth-order valence-electron chi connectivity index (χ4n) is 2.21. The van der Waals surface area contributed by atoms with Crippen LogP contribution < -0.4 is 4.74 Å². The van der Waals surface area contributed by atoms with Gasteiger partial charge in [-0.3, -0.25) is 4.98 Å². The molecule has 0 aliphatic heterocycles. The molecule has 1 heterocycles. The van der Waals surface area contributed by atoms with Crippen molar-refractivity contribution >= 4 is 0 Å². The average Bonchev–Trinajstić information content (AvgIpc) is 2.53. The predicted octanol–water partition coefficient (Wildman–Crippen LogP) is 2.65. The Balaban J connectivity index is 1.83. The Morgan fingerprint density at radius 2 is 2.00 bits per heavy atom. The number of aliphatic hydroxyl groups is 1. The third-order valence-corrected chi connectivity index (χ3v) is 3.42. The zero-order valence-corrected chi connectivity index (χ0v) is 12.6. The molecule has 0 saturated carbocycles. The van der Waals surface area contributed by atoms with Crippen molar-refractivity contribution in [3.63, 3.8) is 0 Å². The summed E-state index contributed by atoms with van der Waals surface area (Å²) in [5.41, 5.74) is 1.93. The fourth-order valence-corrected chi connectivity index (χ4v) is 2.21. The van der Waals surface area contributed by atoms with Crippen LogP contribution in [-0.2, 0) is 6.54 Å². The highest BCUT2D eigenvalue weighted by molar-refractivity contribution is 5.22. The molecule has 112 valence electrons. The summed E-state index contributed by atoms with van der Waals surface area (Å²) in [6.45, 7) is 1.54. The molecule has 0 spiro atoms. The highest BCUT2D eigenvalue weighted by Gasteiger charge is 2.09. The Labute approximate surface area is 126 Å². The lowest BCUT2D eigenvalue weighted by molar-refractivity contribution is 0.147. The number of aromatic nitrogens is 1. The number of pyridine rings is 1. The molecule has 0 aliphatic rings. The molecule has 0 bridgehead atoms. The van der Waals surface area contributed by atoms with E-state index in [1.165, 1.54) is 0 Å². The molecule has 4 nitrogen and oxygen atoms in total. The van der Waals surface area contributed by atoms with E-state index in [1.807, 2.05) is 49.5 Å². The van der Waals surface area contributed by atoms with E-state index in [0.717, 1.165) is 30.1 Å². The van der Waals surface area contributed by atoms with Crippen molar-refractivity contribution in [1.82, 2.24) is 9.88 Å². The molecule has 2 rings (SSSR count). The molecule has 21 heavy (non-hydrogen) atoms. The quantitative estimate of drug-likeness (QED) is 0.850. The number of rotatable bonds is 7. The van der Waals surface area contributed by atoms with Crippen molar-refractivity contribution in [2.24, 2.45) is 0 Å². The molecule has 1 atom stereocenters. The van der Waals surface area contributed by atoms with E-state index in [2.05, 4.69) is 9.88 Å². The average molecular weight is 286 g/mol. The largest absolute Gasteiger partial charge is 0.497 e. The van der Waals surface area contributed by atoms with Crippen molar-refractivity contribution in [2.75, 3.05) is 20.7 Å². The number of aliphatic hydroxyl groups excluding tert-OH is 1. The standard InChI is InChI=1S/C17H22N2O2/c1-19(13-15-12-16(21-2)8-10-18-15)11-9-17(20)14-6-4-3-5-7-14/h3-8,10,12,17,20H,9,11,13H2,1-2H3/t17-/m0/s1. The smallest absolute Gasteiger partial charge is 0.122 e. The van der Waals surface area contributed by atoms with Gasteiger partial charge in [0.25, 0.3) is 0 Å². The monoisotopic (exact) mass is 286 g/mol. The van der Waals surface area contributed by atoms with Crippen LogP contribution in [0.15, 0.2) is 48.7 Å². The minimum atomic E-state index is -0.424. The summed E-state index contributed by atoms with van der Waals surface area (Å²) >= 11 is 0. The van der Waals surface area contributed by atoms with Gasteiger partial charge >= 0.3 is 0 Å². The first-order chi connectivity index (χ1) is 10.2. The number of hydrogen-bond donors (Lipinski definition) is 1. The fraction of sp³-hybridized carbons (Fsp3) is 0.353. The van der Waals surface area contributed by atoms with E-state index < -0.39 is 6.10 Å². The third kappa shape index (κ3) is 4.85. The Hall–Kier alpha value is -1.91. The highest BCUT2D eigenvalue weighted by atomic mass is 16.5. The third-order valence-electron chi connectivity index (χ3n) is 3.42. The number of nitrogens with zero attached hydrogens (tertiary/aromatic N) is 2. The maximum atomic E-state index is 10.2. The first kappa shape index (κ1) is 15.5. The van der Waals surface area contributed by atoms with Gasteiger partial charge in [-0.05, 0) is 25.1 Å². The molecule has 1 N–H and O–H groups in total. The van der Waals surface area contributed by atoms with Crippen molar-refractivity contribution in [1.29, 1.82) is 0 Å². The van der Waals surface area contributed by atoms with Crippen molar-refractivity contribution in [3.05, 3.63) is 59.9 Å². The lowest BCUT2D eigenvalue weighted by Gasteiger charge is -2.19. The highest BCUT2D eigenvalue weighted by Crippen LogP contribution is 2.17. The van der Waals surface area contributed by atoms with Crippen LogP contribution in [0.4, 0.5) is 0 Å². The summed E-state index contributed by atoms with van der Waals surface area (Å²) in [7, 11) is 3.68. The molecule has 0 unspecified atom stereocenters. The first-order valence-electron chi connectivity index (χ1n) is 7.09. The minimum absolute atomic E-state index is 0.424. The number of methoxy groups -OCH3 is 1. The van der Waals surface area contributed by atoms with Gasteiger partial charge in [-0.1, -0.05) is 30.3 Å². The summed E-state index contributed by atoms with van der Waals surface area (Å²) in [4.78, 5) is 6.48. The first-order valence-corrected chi connectivity index (χ1v) is 7.09. The van der Waals surface area contributed by atoms with Gasteiger partial charge in [0, 0.05) is 25.4 Å². The van der Waals surface area contributed by atoms with Crippen LogP contribution in [0.1, 0.15) is 23.8 Å². The maximum absolute atomic E-state index is 10.2. The molecule has 2 aromatic rings. The van der Waals surface area contributed by atoms with Crippen LogP contribution in [0.3, 0.4) is 0 Å². The minimum Gasteiger partial charge on any atom is -0.497 e. The van der Waals surface area contributed by atoms with Gasteiger partial charge in [-0.25, -0.2) is 0 Å². The predicted molar refractivity (Wildman–Crippen MR) is 83.1 cm³/mol. The molecule has 0 saturated heterocycles. The Bertz CT molecular complexity index is 545. The van der Waals surface area contributed by atoms with Gasteiger partial charge < -0.3 is 14.7 Å². The van der Waals surface area contributed by atoms with Crippen LogP contribution >= 0.6 is 0 Å². The summed E-state index contributed by atoms with van der Waals surface area (Å²) in [5.74, 6) is 0.817. The second-order valence-electron chi connectivity index (χ2n) is 5.14. The van der Waals surface area contributed by atoms with E-state index in [-0.39, 0.29) is 0 Å². The van der Waals surface area contributed by atoms with E-state index >= 15 is 0 Å². The number of benzene rings is 1. The molecule has 4 heteroatoms. The van der Waals surface area contributed by atoms with E-state index in [9.17, 15) is 5.11 Å². The topological polar surface area (TPSA) is 45.6 Å². The molecule has 1 aromatic carbocycles. The maximum Gasteiger partial charge on any atom is 0.122 e. The van der Waals surface area contributed by atoms with E-state index in [1.54, 1.807) is 13.3 Å². The van der Waals surface area contributed by atoms with E-state index in [4.69, 9.17) is 4.74 Å². The van der Waals surface area contributed by atoms with Crippen molar-refractivity contribution in [2.45, 2.75) is 19.1 Å². The van der Waals surface area contributed by atoms with Gasteiger partial charge in [-0.2, -0.15) is 0 Å². The van der Waals surface area contributed by atoms with Gasteiger partial charge in [0.15, 0.2) is 0 Å². The van der Waals surface area contributed by atoms with Gasteiger partial charge in [0.1, 0.15) is 5.75 Å². The summed E-state index contributed by atoms with van der Waals surface area (Å²) in [6.07, 6.45) is 2.03. The summed E-state index contributed by atoms with van der Waals surface area (Å²) < 4.78 is 5.19. The number of hydrogen-bond acceptors (Lipinski definition) is 4. The molecule has 1 aromatic heterocycles. The Morgan fingerprint density at radius 1 is 1.24 bits per heavy atom. The molecule has 0 radical (unpaired) electrons. The summed E-state index contributed by atoms with van der Waals surface area (Å²) in [5, 5.41) is 10.2. The Morgan fingerprint density at radius 3 is 2.71 bits per heavy atom. The van der Waals surface area contributed by atoms with Crippen LogP contribution in [0.2, 0.25) is 0 Å². The van der Waals surface area contributed by atoms with Crippen LogP contribution in [0.5, 0.6) is 5.75 Å². The SMILES string of the molecule is COc1ccnc(CN(C)CC[C@H](O)c2ccccc2)c1. The molecular weight excluding hydrogens is 264 g/mol. The second kappa shape index (κ2) is 7.76. The van der Waals surface area contributed by atoms with Crippen LogP contribution in [0.25, 0.3) is 0 Å². The van der Waals surface area contributed by atoms with Crippen LogP contribution in [-0.4, -0.2) is 35.7 Å². The van der Waals surface area contributed by atoms with Gasteiger partial charge in [-0.15, -0.1) is 0 Å².